The van der Waals surface area contributed by atoms with Crippen molar-refractivity contribution >= 4 is 0 Å². The maximum absolute atomic E-state index is 6.12. The predicted molar refractivity (Wildman–Crippen MR) is 75.2 cm³/mol. The molecule has 102 valence electrons. The van der Waals surface area contributed by atoms with Gasteiger partial charge >= 0.3 is 0 Å². The summed E-state index contributed by atoms with van der Waals surface area (Å²) in [5.41, 5.74) is 6.33. The lowest BCUT2D eigenvalue weighted by Gasteiger charge is -2.51. The Hall–Kier alpha value is -0.120. The fourth-order valence-electron chi connectivity index (χ4n) is 2.94. The van der Waals surface area contributed by atoms with Crippen molar-refractivity contribution in [3.8, 4) is 0 Å². The summed E-state index contributed by atoms with van der Waals surface area (Å²) in [6.07, 6.45) is 2.38. The molecule has 0 aliphatic carbocycles. The van der Waals surface area contributed by atoms with E-state index >= 15 is 0 Å². The summed E-state index contributed by atoms with van der Waals surface area (Å²) < 4.78 is 0. The molecule has 1 saturated heterocycles. The molecule has 0 radical (unpaired) electrons. The van der Waals surface area contributed by atoms with E-state index < -0.39 is 0 Å². The quantitative estimate of drug-likeness (QED) is 0.814. The van der Waals surface area contributed by atoms with Gasteiger partial charge in [0, 0.05) is 24.2 Å². The van der Waals surface area contributed by atoms with Gasteiger partial charge in [0.25, 0.3) is 0 Å². The van der Waals surface area contributed by atoms with E-state index in [4.69, 9.17) is 5.73 Å². The zero-order valence-corrected chi connectivity index (χ0v) is 12.5. The molecule has 1 fully saturated rings. The smallest absolute Gasteiger partial charge is 0.0358 e. The first-order chi connectivity index (χ1) is 7.84. The molecule has 0 bridgehead atoms. The minimum absolute atomic E-state index is 0.204. The number of piperidine rings is 1. The van der Waals surface area contributed by atoms with Crippen molar-refractivity contribution in [2.24, 2.45) is 11.7 Å². The van der Waals surface area contributed by atoms with Crippen LogP contribution < -0.4 is 5.73 Å². The fraction of sp³-hybridized carbons (Fsp3) is 1.00. The maximum Gasteiger partial charge on any atom is 0.0358 e. The van der Waals surface area contributed by atoms with Gasteiger partial charge in [0.15, 0.2) is 0 Å². The standard InChI is InChI=1S/C14H31N3/c1-11(2)13(4)17(6)14(10-15)7-8-16(5)12(3)9-14/h11-13H,7-10,15H2,1-6H3. The van der Waals surface area contributed by atoms with Crippen LogP contribution in [0, 0.1) is 5.92 Å². The van der Waals surface area contributed by atoms with Gasteiger partial charge in [-0.15, -0.1) is 0 Å². The molecular formula is C14H31N3. The second-order valence-corrected chi connectivity index (χ2v) is 6.31. The van der Waals surface area contributed by atoms with E-state index in [2.05, 4.69) is 51.6 Å². The molecule has 0 aromatic heterocycles. The van der Waals surface area contributed by atoms with E-state index in [0.717, 1.165) is 13.1 Å². The number of likely N-dealkylation sites (N-methyl/N-ethyl adjacent to an activating group) is 1. The minimum atomic E-state index is 0.204. The molecule has 1 heterocycles. The Bertz CT molecular complexity index is 242. The average Bonchev–Trinajstić information content (AvgIpc) is 2.31. The predicted octanol–water partition coefficient (Wildman–Crippen LogP) is 1.77. The number of nitrogens with zero attached hydrogens (tertiary/aromatic N) is 2. The van der Waals surface area contributed by atoms with Crippen LogP contribution in [0.15, 0.2) is 0 Å². The second-order valence-electron chi connectivity index (χ2n) is 6.31. The van der Waals surface area contributed by atoms with Gasteiger partial charge in [-0.1, -0.05) is 13.8 Å². The Morgan fingerprint density at radius 2 is 2.00 bits per heavy atom. The largest absolute Gasteiger partial charge is 0.329 e. The Balaban J connectivity index is 2.81. The third kappa shape index (κ3) is 3.01. The normalized spacial score (nSPS) is 33.4. The Kier molecular flexibility index (Phi) is 4.99. The van der Waals surface area contributed by atoms with Crippen molar-refractivity contribution in [1.29, 1.82) is 0 Å². The maximum atomic E-state index is 6.12. The van der Waals surface area contributed by atoms with Crippen molar-refractivity contribution in [3.05, 3.63) is 0 Å². The molecule has 3 nitrogen and oxygen atoms in total. The third-order valence-corrected chi connectivity index (χ3v) is 5.06. The zero-order chi connectivity index (χ0) is 13.2. The number of hydrogen-bond acceptors (Lipinski definition) is 3. The molecule has 17 heavy (non-hydrogen) atoms. The third-order valence-electron chi connectivity index (χ3n) is 5.06. The van der Waals surface area contributed by atoms with Crippen molar-refractivity contribution in [1.82, 2.24) is 9.80 Å². The van der Waals surface area contributed by atoms with E-state index in [1.807, 2.05) is 0 Å². The van der Waals surface area contributed by atoms with Gasteiger partial charge in [-0.2, -0.15) is 0 Å². The molecule has 3 heteroatoms. The molecule has 1 rings (SSSR count). The Morgan fingerprint density at radius 3 is 2.41 bits per heavy atom. The van der Waals surface area contributed by atoms with Crippen molar-refractivity contribution in [2.45, 2.75) is 58.2 Å². The van der Waals surface area contributed by atoms with Gasteiger partial charge in [0.1, 0.15) is 0 Å². The molecule has 0 aromatic rings. The van der Waals surface area contributed by atoms with Gasteiger partial charge in [-0.25, -0.2) is 0 Å². The van der Waals surface area contributed by atoms with E-state index in [1.54, 1.807) is 0 Å². The Labute approximate surface area is 107 Å². The van der Waals surface area contributed by atoms with Crippen molar-refractivity contribution in [2.75, 3.05) is 27.2 Å². The molecule has 2 N–H and O–H groups in total. The highest BCUT2D eigenvalue weighted by Gasteiger charge is 2.41. The molecule has 1 aliphatic heterocycles. The van der Waals surface area contributed by atoms with Crippen LogP contribution in [0.25, 0.3) is 0 Å². The summed E-state index contributed by atoms with van der Waals surface area (Å²) in [5.74, 6) is 0.679. The fourth-order valence-corrected chi connectivity index (χ4v) is 2.94. The monoisotopic (exact) mass is 241 g/mol. The van der Waals surface area contributed by atoms with Gasteiger partial charge in [-0.3, -0.25) is 4.90 Å². The summed E-state index contributed by atoms with van der Waals surface area (Å²) in [7, 11) is 4.48. The van der Waals surface area contributed by atoms with Gasteiger partial charge in [0.05, 0.1) is 0 Å². The van der Waals surface area contributed by atoms with Gasteiger partial charge in [0.2, 0.25) is 0 Å². The Morgan fingerprint density at radius 1 is 1.41 bits per heavy atom. The molecule has 0 aromatic carbocycles. The SMILES string of the molecule is CC(C)C(C)N(C)C1(CN)CCN(C)C(C)C1. The van der Waals surface area contributed by atoms with E-state index in [-0.39, 0.29) is 5.54 Å². The van der Waals surface area contributed by atoms with Crippen molar-refractivity contribution in [3.63, 3.8) is 0 Å². The number of hydrogen-bond donors (Lipinski definition) is 1. The zero-order valence-electron chi connectivity index (χ0n) is 12.5. The lowest BCUT2D eigenvalue weighted by atomic mass is 9.81. The molecule has 3 atom stereocenters. The summed E-state index contributed by atoms with van der Waals surface area (Å²) in [4.78, 5) is 4.99. The van der Waals surface area contributed by atoms with Crippen LogP contribution in [-0.4, -0.2) is 54.6 Å². The molecule has 0 spiro atoms. The first-order valence-corrected chi connectivity index (χ1v) is 6.97. The summed E-state index contributed by atoms with van der Waals surface area (Å²) >= 11 is 0. The van der Waals surface area contributed by atoms with Crippen LogP contribution in [0.5, 0.6) is 0 Å². The van der Waals surface area contributed by atoms with Crippen LogP contribution in [-0.2, 0) is 0 Å². The van der Waals surface area contributed by atoms with Crippen LogP contribution >= 0.6 is 0 Å². The molecular weight excluding hydrogens is 210 g/mol. The highest BCUT2D eigenvalue weighted by atomic mass is 15.2. The first-order valence-electron chi connectivity index (χ1n) is 6.97. The number of rotatable bonds is 4. The van der Waals surface area contributed by atoms with Gasteiger partial charge < -0.3 is 10.6 Å². The molecule has 0 amide bonds. The number of nitrogens with two attached hydrogens (primary N) is 1. The summed E-state index contributed by atoms with van der Waals surface area (Å²) in [6.45, 7) is 11.2. The number of likely N-dealkylation sites (tertiary alicyclic amines) is 1. The topological polar surface area (TPSA) is 32.5 Å². The summed E-state index contributed by atoms with van der Waals surface area (Å²) in [5, 5.41) is 0. The molecule has 3 unspecified atom stereocenters. The molecule has 1 aliphatic rings. The lowest BCUT2D eigenvalue weighted by molar-refractivity contribution is -0.00542. The first kappa shape index (κ1) is 14.9. The van der Waals surface area contributed by atoms with E-state index in [0.29, 0.717) is 18.0 Å². The van der Waals surface area contributed by atoms with Crippen LogP contribution in [0.3, 0.4) is 0 Å². The summed E-state index contributed by atoms with van der Waals surface area (Å²) in [6, 6.07) is 1.23. The highest BCUT2D eigenvalue weighted by Crippen LogP contribution is 2.32. The highest BCUT2D eigenvalue weighted by molar-refractivity contribution is 4.99. The van der Waals surface area contributed by atoms with Crippen LogP contribution in [0.1, 0.15) is 40.5 Å². The van der Waals surface area contributed by atoms with Gasteiger partial charge in [-0.05, 0) is 53.2 Å². The minimum Gasteiger partial charge on any atom is -0.329 e. The van der Waals surface area contributed by atoms with Crippen LogP contribution in [0.2, 0.25) is 0 Å². The average molecular weight is 241 g/mol. The van der Waals surface area contributed by atoms with E-state index in [9.17, 15) is 0 Å². The van der Waals surface area contributed by atoms with E-state index in [1.165, 1.54) is 12.8 Å². The second kappa shape index (κ2) is 5.68. The molecule has 0 saturated carbocycles. The lowest BCUT2D eigenvalue weighted by Crippen LogP contribution is -2.62. The van der Waals surface area contributed by atoms with Crippen LogP contribution in [0.4, 0.5) is 0 Å². The van der Waals surface area contributed by atoms with Crippen molar-refractivity contribution < 1.29 is 0 Å².